The van der Waals surface area contributed by atoms with Gasteiger partial charge >= 0.3 is 5.95 Å². The molecule has 0 aliphatic carbocycles. The van der Waals surface area contributed by atoms with E-state index in [1.54, 1.807) is 4.68 Å². The smallest absolute Gasteiger partial charge is 0.289 e. The zero-order valence-corrected chi connectivity index (χ0v) is 11.1. The zero-order valence-electron chi connectivity index (χ0n) is 11.1. The van der Waals surface area contributed by atoms with Crippen molar-refractivity contribution in [1.29, 1.82) is 0 Å². The summed E-state index contributed by atoms with van der Waals surface area (Å²) in [6.07, 6.45) is 3.96. The van der Waals surface area contributed by atoms with Gasteiger partial charge in [-0.1, -0.05) is 18.2 Å². The van der Waals surface area contributed by atoms with Gasteiger partial charge in [-0.2, -0.15) is 0 Å². The molecule has 1 aromatic heterocycles. The van der Waals surface area contributed by atoms with Gasteiger partial charge in [-0.15, -0.1) is 4.68 Å². The summed E-state index contributed by atoms with van der Waals surface area (Å²) in [7, 11) is 0. The highest BCUT2D eigenvalue weighted by Crippen LogP contribution is 2.38. The molecule has 0 unspecified atom stereocenters. The molecule has 3 rings (SSSR count). The number of benzene rings is 1. The summed E-state index contributed by atoms with van der Waals surface area (Å²) >= 11 is 0. The Balaban J connectivity index is 2.34. The summed E-state index contributed by atoms with van der Waals surface area (Å²) in [5.74, 6) is 7.09. The minimum atomic E-state index is -0.0811. The first-order chi connectivity index (χ1) is 8.57. The number of anilines is 2. The van der Waals surface area contributed by atoms with Gasteiger partial charge in [-0.05, 0) is 26.8 Å². The second kappa shape index (κ2) is 3.51. The highest BCUT2D eigenvalue weighted by Gasteiger charge is 2.42. The SMILES string of the molecule is CCN1c2ccccc2C(C)(C)[n+]2ccn(N)c21. The predicted octanol–water partition coefficient (Wildman–Crippen LogP) is 1.74. The van der Waals surface area contributed by atoms with E-state index in [1.165, 1.54) is 11.3 Å². The fourth-order valence-corrected chi connectivity index (χ4v) is 2.88. The lowest BCUT2D eigenvalue weighted by Gasteiger charge is -2.35. The highest BCUT2D eigenvalue weighted by molar-refractivity contribution is 5.64. The van der Waals surface area contributed by atoms with Crippen LogP contribution in [0.5, 0.6) is 0 Å². The molecule has 0 spiro atoms. The molecule has 1 aliphatic heterocycles. The molecular formula is C14H19N4+. The minimum Gasteiger partial charge on any atom is -0.289 e. The molecule has 18 heavy (non-hydrogen) atoms. The van der Waals surface area contributed by atoms with Crippen molar-refractivity contribution >= 4 is 11.6 Å². The fourth-order valence-electron chi connectivity index (χ4n) is 2.88. The van der Waals surface area contributed by atoms with Crippen LogP contribution in [0.3, 0.4) is 0 Å². The van der Waals surface area contributed by atoms with E-state index < -0.39 is 0 Å². The Labute approximate surface area is 107 Å². The van der Waals surface area contributed by atoms with Crippen LogP contribution in [-0.4, -0.2) is 11.2 Å². The van der Waals surface area contributed by atoms with Crippen LogP contribution in [0.25, 0.3) is 0 Å². The first-order valence-electron chi connectivity index (χ1n) is 6.33. The Morgan fingerprint density at radius 1 is 1.28 bits per heavy atom. The second-order valence-corrected chi connectivity index (χ2v) is 5.20. The molecule has 0 saturated heterocycles. The van der Waals surface area contributed by atoms with Crippen LogP contribution >= 0.6 is 0 Å². The summed E-state index contributed by atoms with van der Waals surface area (Å²) in [4.78, 5) is 2.25. The lowest BCUT2D eigenvalue weighted by Crippen LogP contribution is -2.58. The third-order valence-electron chi connectivity index (χ3n) is 3.84. The van der Waals surface area contributed by atoms with Crippen LogP contribution in [0, 0.1) is 0 Å². The highest BCUT2D eigenvalue weighted by atomic mass is 15.5. The van der Waals surface area contributed by atoms with Crippen molar-refractivity contribution in [3.8, 4) is 0 Å². The predicted molar refractivity (Wildman–Crippen MR) is 72.3 cm³/mol. The molecule has 0 radical (unpaired) electrons. The molecular weight excluding hydrogens is 224 g/mol. The summed E-state index contributed by atoms with van der Waals surface area (Å²) in [5, 5.41) is 0. The number of rotatable bonds is 1. The topological polar surface area (TPSA) is 38.1 Å². The van der Waals surface area contributed by atoms with Crippen LogP contribution in [0.4, 0.5) is 11.6 Å². The number of imidazole rings is 1. The number of hydrogen-bond acceptors (Lipinski definition) is 2. The number of aromatic nitrogens is 2. The molecule has 0 atom stereocenters. The molecule has 2 aromatic rings. The van der Waals surface area contributed by atoms with Crippen molar-refractivity contribution < 1.29 is 4.57 Å². The van der Waals surface area contributed by atoms with Gasteiger partial charge in [0.2, 0.25) is 0 Å². The fraction of sp³-hybridized carbons (Fsp3) is 0.357. The summed E-state index contributed by atoms with van der Waals surface area (Å²) in [6, 6.07) is 8.54. The van der Waals surface area contributed by atoms with Gasteiger partial charge < -0.3 is 0 Å². The molecule has 0 amide bonds. The Bertz CT molecular complexity index is 598. The van der Waals surface area contributed by atoms with Gasteiger partial charge in [0.25, 0.3) is 0 Å². The van der Waals surface area contributed by atoms with Gasteiger partial charge in [0.05, 0.1) is 6.54 Å². The minimum absolute atomic E-state index is 0.0811. The quantitative estimate of drug-likeness (QED) is 0.612. The number of fused-ring (bicyclic) bond motifs is 2. The molecule has 2 heterocycles. The maximum atomic E-state index is 6.06. The molecule has 4 nitrogen and oxygen atoms in total. The van der Waals surface area contributed by atoms with Crippen molar-refractivity contribution in [2.45, 2.75) is 26.3 Å². The molecule has 0 fully saturated rings. The van der Waals surface area contributed by atoms with Gasteiger partial charge in [0, 0.05) is 5.56 Å². The van der Waals surface area contributed by atoms with E-state index in [4.69, 9.17) is 5.84 Å². The van der Waals surface area contributed by atoms with E-state index in [-0.39, 0.29) is 5.54 Å². The van der Waals surface area contributed by atoms with Crippen LogP contribution < -0.4 is 15.3 Å². The number of nitrogen functional groups attached to an aromatic ring is 1. The number of nitrogens with two attached hydrogens (primary N) is 1. The zero-order chi connectivity index (χ0) is 12.9. The largest absolute Gasteiger partial charge is 0.387 e. The summed E-state index contributed by atoms with van der Waals surface area (Å²) < 4.78 is 3.93. The molecule has 2 N–H and O–H groups in total. The van der Waals surface area contributed by atoms with Gasteiger partial charge in [-0.25, -0.2) is 9.47 Å². The Kier molecular flexibility index (Phi) is 2.17. The molecule has 0 saturated carbocycles. The Hall–Kier alpha value is -1.97. The summed E-state index contributed by atoms with van der Waals surface area (Å²) in [5.41, 5.74) is 2.49. The summed E-state index contributed by atoms with van der Waals surface area (Å²) in [6.45, 7) is 7.49. The van der Waals surface area contributed by atoms with Crippen LogP contribution in [0.15, 0.2) is 36.7 Å². The number of nitrogens with zero attached hydrogens (tertiary/aromatic N) is 3. The third kappa shape index (κ3) is 1.23. The Morgan fingerprint density at radius 2 is 2.00 bits per heavy atom. The van der Waals surface area contributed by atoms with E-state index in [9.17, 15) is 0 Å². The average Bonchev–Trinajstić information content (AvgIpc) is 2.74. The van der Waals surface area contributed by atoms with E-state index >= 15 is 0 Å². The normalized spacial score (nSPS) is 16.3. The van der Waals surface area contributed by atoms with Crippen LogP contribution in [0.1, 0.15) is 26.3 Å². The van der Waals surface area contributed by atoms with Crippen molar-refractivity contribution in [2.24, 2.45) is 0 Å². The van der Waals surface area contributed by atoms with Crippen LogP contribution in [-0.2, 0) is 5.54 Å². The number of para-hydroxylation sites is 1. The molecule has 1 aliphatic rings. The molecule has 1 aromatic carbocycles. The van der Waals surface area contributed by atoms with Gasteiger partial charge in [0.1, 0.15) is 23.6 Å². The van der Waals surface area contributed by atoms with E-state index in [0.29, 0.717) is 0 Å². The van der Waals surface area contributed by atoms with E-state index in [0.717, 1.165) is 12.5 Å². The first-order valence-corrected chi connectivity index (χ1v) is 6.33. The lowest BCUT2D eigenvalue weighted by molar-refractivity contribution is -0.736. The van der Waals surface area contributed by atoms with E-state index in [2.05, 4.69) is 54.5 Å². The van der Waals surface area contributed by atoms with Crippen molar-refractivity contribution in [3.05, 3.63) is 42.2 Å². The van der Waals surface area contributed by atoms with Crippen molar-refractivity contribution in [3.63, 3.8) is 0 Å². The maximum absolute atomic E-state index is 6.06. The lowest BCUT2D eigenvalue weighted by atomic mass is 9.90. The number of hydrogen-bond donors (Lipinski definition) is 1. The molecule has 4 heteroatoms. The monoisotopic (exact) mass is 243 g/mol. The standard InChI is InChI=1S/C14H19N4/c1-4-16-12-8-6-5-7-11(12)14(2,3)17-9-10-18(15)13(16)17/h5-10H,4,15H2,1-3H3/q+1. The first kappa shape index (κ1) is 11.1. The van der Waals surface area contributed by atoms with E-state index in [1.807, 2.05) is 12.4 Å². The van der Waals surface area contributed by atoms with Crippen molar-refractivity contribution in [2.75, 3.05) is 17.3 Å². The second-order valence-electron chi connectivity index (χ2n) is 5.20. The third-order valence-corrected chi connectivity index (χ3v) is 3.84. The Morgan fingerprint density at radius 3 is 2.72 bits per heavy atom. The van der Waals surface area contributed by atoms with Gasteiger partial charge in [-0.3, -0.25) is 5.84 Å². The van der Waals surface area contributed by atoms with Crippen molar-refractivity contribution in [1.82, 2.24) is 4.68 Å². The van der Waals surface area contributed by atoms with Crippen LogP contribution in [0.2, 0.25) is 0 Å². The average molecular weight is 243 g/mol. The molecule has 0 bridgehead atoms. The maximum Gasteiger partial charge on any atom is 0.387 e. The van der Waals surface area contributed by atoms with Gasteiger partial charge in [0.15, 0.2) is 0 Å². The molecule has 94 valence electrons.